The number of hydrogen-bond donors (Lipinski definition) is 0. The predicted molar refractivity (Wildman–Crippen MR) is 113 cm³/mol. The van der Waals surface area contributed by atoms with Crippen molar-refractivity contribution in [1.82, 2.24) is 4.90 Å². The van der Waals surface area contributed by atoms with E-state index in [1.54, 1.807) is 4.90 Å². The highest BCUT2D eigenvalue weighted by atomic mass is 19.4. The van der Waals surface area contributed by atoms with Gasteiger partial charge in [-0.05, 0) is 38.3 Å². The largest absolute Gasteiger partial charge is 0.496 e. The minimum absolute atomic E-state index is 0.0138. The number of methoxy groups -OCH3 is 1. The molecule has 1 aromatic carbocycles. The molecular formula is C23H29F3N2O3. The number of piperidine rings is 1. The average Bonchev–Trinajstić information content (AvgIpc) is 2.76. The summed E-state index contributed by atoms with van der Waals surface area (Å²) >= 11 is 0. The van der Waals surface area contributed by atoms with Crippen molar-refractivity contribution in [2.24, 2.45) is 0 Å². The molecule has 1 spiro atoms. The third-order valence-electron chi connectivity index (χ3n) is 6.12. The summed E-state index contributed by atoms with van der Waals surface area (Å²) in [6.45, 7) is 6.78. The Balaban J connectivity index is 1.88. The molecule has 0 aromatic heterocycles. The number of carbonyl (C=O) groups excluding carboxylic acids is 1. The number of carbonyl (C=O) groups is 1. The van der Waals surface area contributed by atoms with Gasteiger partial charge in [0.2, 0.25) is 0 Å². The number of rotatable bonds is 5. The first-order valence-electron chi connectivity index (χ1n) is 10.5. The van der Waals surface area contributed by atoms with Gasteiger partial charge in [-0.2, -0.15) is 13.2 Å². The van der Waals surface area contributed by atoms with Crippen LogP contribution in [-0.2, 0) is 10.9 Å². The van der Waals surface area contributed by atoms with Crippen molar-refractivity contribution in [2.75, 3.05) is 44.7 Å². The van der Waals surface area contributed by atoms with E-state index in [1.165, 1.54) is 19.2 Å². The third kappa shape index (κ3) is 4.99. The van der Waals surface area contributed by atoms with E-state index in [4.69, 9.17) is 9.47 Å². The van der Waals surface area contributed by atoms with Crippen molar-refractivity contribution < 1.29 is 27.4 Å². The van der Waals surface area contributed by atoms with Gasteiger partial charge in [-0.3, -0.25) is 9.69 Å². The highest BCUT2D eigenvalue weighted by Crippen LogP contribution is 2.46. The summed E-state index contributed by atoms with van der Waals surface area (Å²) in [5.41, 5.74) is -1.40. The molecule has 0 N–H and O–H groups in total. The van der Waals surface area contributed by atoms with Crippen LogP contribution < -0.4 is 9.64 Å². The number of morpholine rings is 1. The summed E-state index contributed by atoms with van der Waals surface area (Å²) in [7, 11) is 1.20. The molecule has 2 heterocycles. The van der Waals surface area contributed by atoms with E-state index in [-0.39, 0.29) is 23.1 Å². The van der Waals surface area contributed by atoms with Crippen molar-refractivity contribution in [3.8, 4) is 17.6 Å². The Morgan fingerprint density at radius 3 is 2.58 bits per heavy atom. The molecule has 2 saturated heterocycles. The lowest BCUT2D eigenvalue weighted by atomic mass is 9.87. The molecule has 0 saturated carbocycles. The average molecular weight is 438 g/mol. The fourth-order valence-corrected chi connectivity index (χ4v) is 4.59. The van der Waals surface area contributed by atoms with Crippen LogP contribution in [-0.4, -0.2) is 62.7 Å². The van der Waals surface area contributed by atoms with Gasteiger partial charge in [0, 0.05) is 31.7 Å². The zero-order chi connectivity index (χ0) is 22.6. The Morgan fingerprint density at radius 1 is 1.32 bits per heavy atom. The maximum Gasteiger partial charge on any atom is 0.421 e. The Labute approximate surface area is 181 Å². The standard InChI is InChI=1S/C23H29F3N2O3/c1-4-6-11-27-14-18(5-2)31-22(16-27)9-12-28(13-10-22)21-17(15-29)7-8-19(30-3)20(21)23(24,25)26/h7-8,15,18H,5,9-14,16H2,1-3H3. The molecule has 2 aliphatic rings. The lowest BCUT2D eigenvalue weighted by molar-refractivity contribution is -0.162. The van der Waals surface area contributed by atoms with Gasteiger partial charge < -0.3 is 14.4 Å². The zero-order valence-corrected chi connectivity index (χ0v) is 18.2. The highest BCUT2D eigenvalue weighted by molar-refractivity contribution is 5.87. The number of nitrogens with zero attached hydrogens (tertiary/aromatic N) is 2. The molecule has 5 nitrogen and oxygen atoms in total. The maximum absolute atomic E-state index is 13.9. The molecule has 170 valence electrons. The maximum atomic E-state index is 13.9. The van der Waals surface area contributed by atoms with Crippen molar-refractivity contribution in [3.63, 3.8) is 0 Å². The van der Waals surface area contributed by atoms with Gasteiger partial charge in [-0.15, -0.1) is 5.92 Å². The number of aldehydes is 1. The van der Waals surface area contributed by atoms with E-state index in [2.05, 4.69) is 23.7 Å². The lowest BCUT2D eigenvalue weighted by Crippen LogP contribution is -2.59. The van der Waals surface area contributed by atoms with Gasteiger partial charge in [-0.25, -0.2) is 0 Å². The molecule has 3 rings (SSSR count). The van der Waals surface area contributed by atoms with Crippen LogP contribution in [0.15, 0.2) is 12.1 Å². The fraction of sp³-hybridized carbons (Fsp3) is 0.609. The van der Waals surface area contributed by atoms with Crippen LogP contribution in [0.1, 0.15) is 49.0 Å². The van der Waals surface area contributed by atoms with Crippen molar-refractivity contribution in [2.45, 2.75) is 51.0 Å². The molecule has 0 bridgehead atoms. The number of alkyl halides is 3. The molecular weight excluding hydrogens is 409 g/mol. The smallest absolute Gasteiger partial charge is 0.421 e. The molecule has 2 aliphatic heterocycles. The molecule has 1 atom stereocenters. The van der Waals surface area contributed by atoms with Crippen molar-refractivity contribution in [3.05, 3.63) is 23.3 Å². The van der Waals surface area contributed by atoms with Crippen LogP contribution in [0.25, 0.3) is 0 Å². The zero-order valence-electron chi connectivity index (χ0n) is 18.2. The molecule has 0 aliphatic carbocycles. The van der Waals surface area contributed by atoms with E-state index in [0.29, 0.717) is 45.3 Å². The SMILES string of the molecule is CC#CCN1CC(CC)OC2(CCN(c3c(C=O)ccc(OC)c3C(F)(F)F)CC2)C1. The first kappa shape index (κ1) is 23.4. The first-order chi connectivity index (χ1) is 14.8. The summed E-state index contributed by atoms with van der Waals surface area (Å²) in [5, 5.41) is 0. The van der Waals surface area contributed by atoms with Crippen LogP contribution >= 0.6 is 0 Å². The van der Waals surface area contributed by atoms with Gasteiger partial charge in [0.05, 0.1) is 31.0 Å². The van der Waals surface area contributed by atoms with E-state index in [0.717, 1.165) is 13.0 Å². The number of ether oxygens (including phenoxy) is 2. The van der Waals surface area contributed by atoms with E-state index >= 15 is 0 Å². The van der Waals surface area contributed by atoms with Crippen molar-refractivity contribution >= 4 is 12.0 Å². The second kappa shape index (κ2) is 9.49. The Kier molecular flexibility index (Phi) is 7.17. The minimum atomic E-state index is -4.64. The lowest BCUT2D eigenvalue weighted by Gasteiger charge is -2.50. The topological polar surface area (TPSA) is 42.0 Å². The van der Waals surface area contributed by atoms with Crippen molar-refractivity contribution in [1.29, 1.82) is 0 Å². The van der Waals surface area contributed by atoms with Gasteiger partial charge in [-0.1, -0.05) is 12.8 Å². The Bertz CT molecular complexity index is 852. The number of hydrogen-bond acceptors (Lipinski definition) is 5. The molecule has 1 unspecified atom stereocenters. The van der Waals surface area contributed by atoms with E-state index in [1.807, 2.05) is 6.92 Å². The van der Waals surface area contributed by atoms with Gasteiger partial charge in [0.15, 0.2) is 6.29 Å². The quantitative estimate of drug-likeness (QED) is 0.514. The summed E-state index contributed by atoms with van der Waals surface area (Å²) < 4.78 is 53.2. The fourth-order valence-electron chi connectivity index (χ4n) is 4.59. The number of anilines is 1. The summed E-state index contributed by atoms with van der Waals surface area (Å²) in [4.78, 5) is 15.5. The molecule has 31 heavy (non-hydrogen) atoms. The van der Waals surface area contributed by atoms with Crippen LogP contribution in [0.4, 0.5) is 18.9 Å². The third-order valence-corrected chi connectivity index (χ3v) is 6.12. The number of benzene rings is 1. The van der Waals surface area contributed by atoms with Crippen LogP contribution in [0.2, 0.25) is 0 Å². The summed E-state index contributed by atoms with van der Waals surface area (Å²) in [5.74, 6) is 5.74. The van der Waals surface area contributed by atoms with Crippen LogP contribution in [0.3, 0.4) is 0 Å². The van der Waals surface area contributed by atoms with Gasteiger partial charge in [0.1, 0.15) is 11.3 Å². The van der Waals surface area contributed by atoms with Gasteiger partial charge >= 0.3 is 6.18 Å². The molecule has 8 heteroatoms. The normalized spacial score (nSPS) is 21.5. The van der Waals surface area contributed by atoms with E-state index < -0.39 is 17.3 Å². The monoisotopic (exact) mass is 438 g/mol. The first-order valence-corrected chi connectivity index (χ1v) is 10.5. The Morgan fingerprint density at radius 2 is 2.03 bits per heavy atom. The number of halogens is 3. The second-order valence-corrected chi connectivity index (χ2v) is 8.11. The Hall–Kier alpha value is -2.24. The van der Waals surface area contributed by atoms with Crippen LogP contribution in [0.5, 0.6) is 5.75 Å². The predicted octanol–water partition coefficient (Wildman–Crippen LogP) is 4.00. The molecule has 2 fully saturated rings. The van der Waals surface area contributed by atoms with Gasteiger partial charge in [0.25, 0.3) is 0 Å². The second-order valence-electron chi connectivity index (χ2n) is 8.11. The summed E-state index contributed by atoms with van der Waals surface area (Å²) in [6.07, 6.45) is -2.07. The minimum Gasteiger partial charge on any atom is -0.496 e. The molecule has 0 amide bonds. The molecule has 1 aromatic rings. The van der Waals surface area contributed by atoms with Crippen LogP contribution in [0, 0.1) is 11.8 Å². The summed E-state index contributed by atoms with van der Waals surface area (Å²) in [6, 6.07) is 2.58. The highest BCUT2D eigenvalue weighted by Gasteiger charge is 2.45. The van der Waals surface area contributed by atoms with E-state index in [9.17, 15) is 18.0 Å². The molecule has 0 radical (unpaired) electrons.